The summed E-state index contributed by atoms with van der Waals surface area (Å²) in [7, 11) is 0. The summed E-state index contributed by atoms with van der Waals surface area (Å²) in [4.78, 5) is 0. The van der Waals surface area contributed by atoms with Gasteiger partial charge in [-0.1, -0.05) is 43.5 Å². The molecule has 3 atom stereocenters. The highest BCUT2D eigenvalue weighted by Crippen LogP contribution is 2.33. The Labute approximate surface area is 117 Å². The highest BCUT2D eigenvalue weighted by atomic mass is 15.0. The van der Waals surface area contributed by atoms with Crippen LogP contribution in [0.2, 0.25) is 0 Å². The molecule has 0 heterocycles. The lowest BCUT2D eigenvalue weighted by molar-refractivity contribution is 0.392. The highest BCUT2D eigenvalue weighted by Gasteiger charge is 2.25. The molecule has 0 spiro atoms. The van der Waals surface area contributed by atoms with Crippen molar-refractivity contribution in [1.82, 2.24) is 5.32 Å². The predicted octanol–water partition coefficient (Wildman–Crippen LogP) is 4.54. The summed E-state index contributed by atoms with van der Waals surface area (Å²) in [5.41, 5.74) is 4.56. The van der Waals surface area contributed by atoms with Crippen LogP contribution in [0.3, 0.4) is 0 Å². The number of hydrogen-bond donors (Lipinski definition) is 1. The molecule has 3 rings (SSSR count). The molecule has 0 saturated heterocycles. The molecule has 1 aromatic carbocycles. The van der Waals surface area contributed by atoms with Crippen LogP contribution in [-0.2, 0) is 6.42 Å². The minimum Gasteiger partial charge on any atom is -0.307 e. The minimum absolute atomic E-state index is 0.619. The molecule has 0 aliphatic heterocycles. The largest absolute Gasteiger partial charge is 0.307 e. The van der Waals surface area contributed by atoms with Crippen molar-refractivity contribution in [2.24, 2.45) is 5.92 Å². The summed E-state index contributed by atoms with van der Waals surface area (Å²) < 4.78 is 0. The van der Waals surface area contributed by atoms with Crippen molar-refractivity contribution in [2.45, 2.75) is 70.9 Å². The van der Waals surface area contributed by atoms with Gasteiger partial charge >= 0.3 is 0 Å². The van der Waals surface area contributed by atoms with Crippen LogP contribution < -0.4 is 5.32 Å². The summed E-state index contributed by atoms with van der Waals surface area (Å²) in [6.07, 6.45) is 9.55. The van der Waals surface area contributed by atoms with Gasteiger partial charge in [0.15, 0.2) is 0 Å². The highest BCUT2D eigenvalue weighted by molar-refractivity contribution is 5.37. The van der Waals surface area contributed by atoms with E-state index in [1.165, 1.54) is 50.5 Å². The zero-order valence-electron chi connectivity index (χ0n) is 12.4. The Morgan fingerprint density at radius 2 is 1.95 bits per heavy atom. The third-order valence-corrected chi connectivity index (χ3v) is 5.07. The Morgan fingerprint density at radius 1 is 1.05 bits per heavy atom. The Balaban J connectivity index is 1.67. The minimum atomic E-state index is 0.619. The zero-order chi connectivity index (χ0) is 13.2. The fourth-order valence-corrected chi connectivity index (χ4v) is 3.83. The Morgan fingerprint density at radius 3 is 2.84 bits per heavy atom. The number of nitrogens with one attached hydrogen (secondary N) is 1. The summed E-state index contributed by atoms with van der Waals surface area (Å²) in [6, 6.07) is 8.37. The molecule has 0 amide bonds. The van der Waals surface area contributed by atoms with Crippen molar-refractivity contribution in [2.75, 3.05) is 0 Å². The molecule has 1 heteroatoms. The van der Waals surface area contributed by atoms with E-state index in [1.54, 1.807) is 11.1 Å². The van der Waals surface area contributed by atoms with Crippen LogP contribution in [0, 0.1) is 12.8 Å². The van der Waals surface area contributed by atoms with Crippen LogP contribution >= 0.6 is 0 Å². The molecule has 2 aliphatic carbocycles. The van der Waals surface area contributed by atoms with Crippen molar-refractivity contribution >= 4 is 0 Å². The lowest BCUT2D eigenvalue weighted by atomic mass is 10.0. The quantitative estimate of drug-likeness (QED) is 0.767. The summed E-state index contributed by atoms with van der Waals surface area (Å²) in [6.45, 7) is 4.62. The molecular formula is C18H27N. The predicted molar refractivity (Wildman–Crippen MR) is 81.4 cm³/mol. The molecule has 104 valence electrons. The molecule has 2 aliphatic rings. The summed E-state index contributed by atoms with van der Waals surface area (Å²) in [5, 5.41) is 3.96. The number of aryl methyl sites for hydroxylation is 2. The maximum Gasteiger partial charge on any atom is 0.0328 e. The summed E-state index contributed by atoms with van der Waals surface area (Å²) >= 11 is 0. The van der Waals surface area contributed by atoms with E-state index < -0.39 is 0 Å². The van der Waals surface area contributed by atoms with Gasteiger partial charge in [-0.3, -0.25) is 0 Å². The third-order valence-electron chi connectivity index (χ3n) is 5.07. The second-order valence-electron chi connectivity index (χ2n) is 6.77. The first-order valence-electron chi connectivity index (χ1n) is 8.08. The fourth-order valence-electron chi connectivity index (χ4n) is 3.83. The first-order valence-corrected chi connectivity index (χ1v) is 8.08. The Kier molecular flexibility index (Phi) is 3.93. The molecule has 0 radical (unpaired) electrons. The van der Waals surface area contributed by atoms with Crippen LogP contribution in [-0.4, -0.2) is 6.04 Å². The van der Waals surface area contributed by atoms with Gasteiger partial charge in [0, 0.05) is 12.1 Å². The van der Waals surface area contributed by atoms with E-state index in [9.17, 15) is 0 Å². The van der Waals surface area contributed by atoms with Gasteiger partial charge in [-0.2, -0.15) is 0 Å². The van der Waals surface area contributed by atoms with Crippen molar-refractivity contribution in [3.05, 3.63) is 34.9 Å². The normalized spacial score (nSPS) is 30.9. The van der Waals surface area contributed by atoms with E-state index in [1.807, 2.05) is 0 Å². The van der Waals surface area contributed by atoms with Crippen molar-refractivity contribution in [1.29, 1.82) is 0 Å². The average molecular weight is 257 g/mol. The zero-order valence-corrected chi connectivity index (χ0v) is 12.4. The summed E-state index contributed by atoms with van der Waals surface area (Å²) in [5.74, 6) is 0.935. The first-order chi connectivity index (χ1) is 9.22. The van der Waals surface area contributed by atoms with Crippen LogP contribution in [0.1, 0.15) is 68.2 Å². The molecule has 19 heavy (non-hydrogen) atoms. The van der Waals surface area contributed by atoms with E-state index in [4.69, 9.17) is 0 Å². The molecule has 1 nitrogen and oxygen atoms in total. The van der Waals surface area contributed by atoms with Crippen LogP contribution in [0.5, 0.6) is 0 Å². The van der Waals surface area contributed by atoms with Gasteiger partial charge in [0.25, 0.3) is 0 Å². The van der Waals surface area contributed by atoms with Crippen molar-refractivity contribution < 1.29 is 0 Å². The number of rotatable bonds is 2. The molecule has 1 fully saturated rings. The second kappa shape index (κ2) is 5.66. The molecular weight excluding hydrogens is 230 g/mol. The monoisotopic (exact) mass is 257 g/mol. The fraction of sp³-hybridized carbons (Fsp3) is 0.667. The average Bonchev–Trinajstić information content (AvgIpc) is 2.66. The van der Waals surface area contributed by atoms with Gasteiger partial charge in [0.2, 0.25) is 0 Å². The lowest BCUT2D eigenvalue weighted by Gasteiger charge is -2.22. The van der Waals surface area contributed by atoms with Crippen molar-refractivity contribution in [3.63, 3.8) is 0 Å². The SMILES string of the molecule is Cc1ccc2c(c1)C(NC1CCCC(C)CC1)CC2. The first kappa shape index (κ1) is 13.2. The van der Waals surface area contributed by atoms with E-state index in [2.05, 4.69) is 37.4 Å². The Bertz CT molecular complexity index is 437. The van der Waals surface area contributed by atoms with Gasteiger partial charge in [-0.05, 0) is 56.1 Å². The second-order valence-corrected chi connectivity index (χ2v) is 6.77. The molecule has 1 saturated carbocycles. The molecule has 1 N–H and O–H groups in total. The maximum atomic E-state index is 3.96. The number of fused-ring (bicyclic) bond motifs is 1. The molecule has 0 aromatic heterocycles. The molecule has 1 aromatic rings. The smallest absolute Gasteiger partial charge is 0.0328 e. The van der Waals surface area contributed by atoms with E-state index >= 15 is 0 Å². The van der Waals surface area contributed by atoms with Gasteiger partial charge in [0.05, 0.1) is 0 Å². The van der Waals surface area contributed by atoms with E-state index in [0.717, 1.165) is 12.0 Å². The van der Waals surface area contributed by atoms with Crippen LogP contribution in [0.4, 0.5) is 0 Å². The standard InChI is InChI=1S/C18H27N/c1-13-4-3-5-16(10-7-13)19-18-11-9-15-8-6-14(2)12-17(15)18/h6,8,12-13,16,18-19H,3-5,7,9-11H2,1-2H3. The Hall–Kier alpha value is -0.820. The van der Waals surface area contributed by atoms with Gasteiger partial charge in [0.1, 0.15) is 0 Å². The number of benzene rings is 1. The maximum absolute atomic E-state index is 3.96. The topological polar surface area (TPSA) is 12.0 Å². The van der Waals surface area contributed by atoms with E-state index in [-0.39, 0.29) is 0 Å². The third kappa shape index (κ3) is 3.02. The van der Waals surface area contributed by atoms with Crippen LogP contribution in [0.15, 0.2) is 18.2 Å². The molecule has 0 bridgehead atoms. The van der Waals surface area contributed by atoms with Gasteiger partial charge < -0.3 is 5.32 Å². The van der Waals surface area contributed by atoms with Gasteiger partial charge in [-0.15, -0.1) is 0 Å². The van der Waals surface area contributed by atoms with Gasteiger partial charge in [-0.25, -0.2) is 0 Å². The van der Waals surface area contributed by atoms with E-state index in [0.29, 0.717) is 6.04 Å². The molecule has 3 unspecified atom stereocenters. The van der Waals surface area contributed by atoms with Crippen molar-refractivity contribution in [3.8, 4) is 0 Å². The number of hydrogen-bond acceptors (Lipinski definition) is 1. The lowest BCUT2D eigenvalue weighted by Crippen LogP contribution is -2.31. The van der Waals surface area contributed by atoms with Crippen LogP contribution in [0.25, 0.3) is 0 Å².